The molecule has 0 bridgehead atoms. The van der Waals surface area contributed by atoms with E-state index in [4.69, 9.17) is 5.73 Å². The second-order valence-electron chi connectivity index (χ2n) is 2.11. The first kappa shape index (κ1) is 9.88. The molecule has 6 heteroatoms. The predicted molar refractivity (Wildman–Crippen MR) is 52.6 cm³/mol. The summed E-state index contributed by atoms with van der Waals surface area (Å²) in [5.74, 6) is 0. The van der Waals surface area contributed by atoms with Crippen LogP contribution in [0.1, 0.15) is 0 Å². The van der Waals surface area contributed by atoms with E-state index in [1.807, 2.05) is 17.1 Å². The molecule has 1 aromatic rings. The van der Waals surface area contributed by atoms with Crippen molar-refractivity contribution in [2.45, 2.75) is 16.9 Å². The van der Waals surface area contributed by atoms with Crippen LogP contribution in [0, 0.1) is 0 Å². The number of hydrogen-bond acceptors (Lipinski definition) is 5. The third-order valence-corrected chi connectivity index (χ3v) is 2.74. The lowest BCUT2D eigenvalue weighted by atomic mass is 10.6. The van der Waals surface area contributed by atoms with Crippen molar-refractivity contribution < 1.29 is 0 Å². The number of aromatic nitrogens is 3. The standard InChI is InChI=1S/C6H12N4S2/c1-11-5-8-9-6(12-2)10(5)4-3-7/h3-4,7H2,1-2H3. The van der Waals surface area contributed by atoms with Gasteiger partial charge in [-0.05, 0) is 12.5 Å². The fraction of sp³-hybridized carbons (Fsp3) is 0.667. The highest BCUT2D eigenvalue weighted by atomic mass is 32.2. The summed E-state index contributed by atoms with van der Waals surface area (Å²) in [6, 6.07) is 0. The molecule has 1 rings (SSSR count). The third-order valence-electron chi connectivity index (χ3n) is 1.40. The van der Waals surface area contributed by atoms with Crippen LogP contribution in [0.5, 0.6) is 0 Å². The van der Waals surface area contributed by atoms with E-state index < -0.39 is 0 Å². The average molecular weight is 204 g/mol. The maximum atomic E-state index is 5.47. The first-order valence-electron chi connectivity index (χ1n) is 3.54. The van der Waals surface area contributed by atoms with E-state index in [1.165, 1.54) is 0 Å². The molecule has 4 nitrogen and oxygen atoms in total. The lowest BCUT2D eigenvalue weighted by Crippen LogP contribution is -2.11. The summed E-state index contributed by atoms with van der Waals surface area (Å²) in [4.78, 5) is 0. The third kappa shape index (κ3) is 1.94. The van der Waals surface area contributed by atoms with Gasteiger partial charge in [-0.3, -0.25) is 4.57 Å². The Kier molecular flexibility index (Phi) is 3.90. The molecule has 0 aliphatic rings. The normalized spacial score (nSPS) is 10.6. The fourth-order valence-electron chi connectivity index (χ4n) is 0.898. The van der Waals surface area contributed by atoms with Crippen molar-refractivity contribution in [3.63, 3.8) is 0 Å². The Labute approximate surface area is 80.3 Å². The maximum Gasteiger partial charge on any atom is 0.191 e. The average Bonchev–Trinajstić information content (AvgIpc) is 2.48. The minimum absolute atomic E-state index is 0.624. The van der Waals surface area contributed by atoms with Gasteiger partial charge in [0.1, 0.15) is 0 Å². The van der Waals surface area contributed by atoms with E-state index in [9.17, 15) is 0 Å². The Hall–Kier alpha value is -0.200. The first-order chi connectivity index (χ1) is 5.83. The van der Waals surface area contributed by atoms with E-state index in [0.717, 1.165) is 16.9 Å². The summed E-state index contributed by atoms with van der Waals surface area (Å²) in [6.45, 7) is 1.42. The van der Waals surface area contributed by atoms with Crippen molar-refractivity contribution in [2.24, 2.45) is 5.73 Å². The highest BCUT2D eigenvalue weighted by Crippen LogP contribution is 2.18. The second-order valence-corrected chi connectivity index (χ2v) is 3.66. The Morgan fingerprint density at radius 3 is 2.08 bits per heavy atom. The van der Waals surface area contributed by atoms with Gasteiger partial charge in [0.15, 0.2) is 10.3 Å². The highest BCUT2D eigenvalue weighted by Gasteiger charge is 2.08. The van der Waals surface area contributed by atoms with Crippen molar-refractivity contribution in [2.75, 3.05) is 19.1 Å². The largest absolute Gasteiger partial charge is 0.329 e. The Morgan fingerprint density at radius 1 is 1.25 bits per heavy atom. The molecule has 0 aliphatic heterocycles. The molecule has 1 aromatic heterocycles. The topological polar surface area (TPSA) is 56.7 Å². The molecule has 0 atom stereocenters. The van der Waals surface area contributed by atoms with Crippen LogP contribution in [0.15, 0.2) is 10.3 Å². The van der Waals surface area contributed by atoms with Crippen LogP contribution in [0.4, 0.5) is 0 Å². The van der Waals surface area contributed by atoms with Gasteiger partial charge in [-0.15, -0.1) is 10.2 Å². The smallest absolute Gasteiger partial charge is 0.191 e. The van der Waals surface area contributed by atoms with E-state index in [0.29, 0.717) is 6.54 Å². The maximum absolute atomic E-state index is 5.47. The van der Waals surface area contributed by atoms with Crippen LogP contribution in [0.3, 0.4) is 0 Å². The summed E-state index contributed by atoms with van der Waals surface area (Å²) in [5, 5.41) is 9.92. The Balaban J connectivity index is 2.90. The van der Waals surface area contributed by atoms with Gasteiger partial charge in [0.25, 0.3) is 0 Å². The first-order valence-corrected chi connectivity index (χ1v) is 5.99. The van der Waals surface area contributed by atoms with Crippen molar-refractivity contribution in [1.29, 1.82) is 0 Å². The van der Waals surface area contributed by atoms with Gasteiger partial charge in [-0.25, -0.2) is 0 Å². The van der Waals surface area contributed by atoms with Gasteiger partial charge in [0.05, 0.1) is 0 Å². The zero-order valence-electron chi connectivity index (χ0n) is 7.15. The van der Waals surface area contributed by atoms with E-state index >= 15 is 0 Å². The molecule has 0 amide bonds. The van der Waals surface area contributed by atoms with Crippen LogP contribution in [-0.4, -0.2) is 33.8 Å². The molecule has 2 N–H and O–H groups in total. The quantitative estimate of drug-likeness (QED) is 0.731. The molecule has 0 unspecified atom stereocenters. The molecular weight excluding hydrogens is 192 g/mol. The second kappa shape index (κ2) is 4.74. The zero-order chi connectivity index (χ0) is 8.97. The Morgan fingerprint density at radius 2 is 1.75 bits per heavy atom. The number of rotatable bonds is 4. The van der Waals surface area contributed by atoms with Crippen molar-refractivity contribution in [1.82, 2.24) is 14.8 Å². The van der Waals surface area contributed by atoms with Gasteiger partial charge in [0.2, 0.25) is 0 Å². The van der Waals surface area contributed by atoms with E-state index in [2.05, 4.69) is 10.2 Å². The molecule has 0 aromatic carbocycles. The molecule has 0 aliphatic carbocycles. The highest BCUT2D eigenvalue weighted by molar-refractivity contribution is 7.99. The van der Waals surface area contributed by atoms with Gasteiger partial charge in [-0.1, -0.05) is 23.5 Å². The van der Waals surface area contributed by atoms with Gasteiger partial charge in [0, 0.05) is 13.1 Å². The zero-order valence-corrected chi connectivity index (χ0v) is 8.78. The molecule has 12 heavy (non-hydrogen) atoms. The van der Waals surface area contributed by atoms with Crippen LogP contribution in [0.25, 0.3) is 0 Å². The monoisotopic (exact) mass is 204 g/mol. The molecule has 68 valence electrons. The van der Waals surface area contributed by atoms with Crippen molar-refractivity contribution in [3.8, 4) is 0 Å². The lowest BCUT2D eigenvalue weighted by Gasteiger charge is -2.04. The predicted octanol–water partition coefficient (Wildman–Crippen LogP) is 0.681. The van der Waals surface area contributed by atoms with E-state index in [-0.39, 0.29) is 0 Å². The van der Waals surface area contributed by atoms with Crippen LogP contribution >= 0.6 is 23.5 Å². The van der Waals surface area contributed by atoms with Crippen molar-refractivity contribution in [3.05, 3.63) is 0 Å². The summed E-state index contributed by atoms with van der Waals surface area (Å²) in [6.07, 6.45) is 3.97. The number of thioether (sulfide) groups is 2. The molecule has 1 heterocycles. The number of hydrogen-bond donors (Lipinski definition) is 1. The summed E-state index contributed by atoms with van der Waals surface area (Å²) in [7, 11) is 0. The fourth-order valence-corrected chi connectivity index (χ4v) is 2.00. The van der Waals surface area contributed by atoms with Crippen LogP contribution < -0.4 is 5.73 Å². The summed E-state index contributed by atoms with van der Waals surface area (Å²) in [5.41, 5.74) is 5.47. The molecule has 0 spiro atoms. The van der Waals surface area contributed by atoms with Crippen molar-refractivity contribution >= 4 is 23.5 Å². The minimum Gasteiger partial charge on any atom is -0.329 e. The Bertz CT molecular complexity index is 226. The molecule has 0 saturated carbocycles. The SMILES string of the molecule is CSc1nnc(SC)n1CCN. The lowest BCUT2D eigenvalue weighted by molar-refractivity contribution is 0.596. The van der Waals surface area contributed by atoms with E-state index in [1.54, 1.807) is 23.5 Å². The van der Waals surface area contributed by atoms with Gasteiger partial charge < -0.3 is 5.73 Å². The molecule has 0 fully saturated rings. The number of nitrogens with zero attached hydrogens (tertiary/aromatic N) is 3. The minimum atomic E-state index is 0.624. The molecule has 0 radical (unpaired) electrons. The number of nitrogens with two attached hydrogens (primary N) is 1. The van der Waals surface area contributed by atoms with Gasteiger partial charge in [-0.2, -0.15) is 0 Å². The van der Waals surface area contributed by atoms with Gasteiger partial charge >= 0.3 is 0 Å². The van der Waals surface area contributed by atoms with Crippen LogP contribution in [-0.2, 0) is 6.54 Å². The summed E-state index contributed by atoms with van der Waals surface area (Å²) < 4.78 is 2.04. The molecule has 0 saturated heterocycles. The van der Waals surface area contributed by atoms with Crippen LogP contribution in [0.2, 0.25) is 0 Å². The molecular formula is C6H12N4S2. The summed E-state index contributed by atoms with van der Waals surface area (Å²) >= 11 is 3.18.